The summed E-state index contributed by atoms with van der Waals surface area (Å²) in [5, 5.41) is 0. The third-order valence-electron chi connectivity index (χ3n) is 3.30. The Morgan fingerprint density at radius 3 is 2.83 bits per heavy atom. The molecule has 1 fully saturated rings. The molecular formula is C10H18N2. The molecule has 2 atom stereocenters. The molecule has 0 aromatic carbocycles. The van der Waals surface area contributed by atoms with Crippen molar-refractivity contribution in [1.29, 1.82) is 0 Å². The number of fused-ring (bicyclic) bond motifs is 1. The molecule has 0 spiro atoms. The van der Waals surface area contributed by atoms with E-state index in [9.17, 15) is 0 Å². The summed E-state index contributed by atoms with van der Waals surface area (Å²) in [7, 11) is 2.19. The maximum absolute atomic E-state index is 4.69. The second-order valence-electron chi connectivity index (χ2n) is 4.06. The van der Waals surface area contributed by atoms with Crippen LogP contribution in [-0.4, -0.2) is 29.9 Å². The van der Waals surface area contributed by atoms with Gasteiger partial charge in [-0.25, -0.2) is 0 Å². The van der Waals surface area contributed by atoms with E-state index in [-0.39, 0.29) is 0 Å². The van der Waals surface area contributed by atoms with E-state index in [4.69, 9.17) is 4.99 Å². The van der Waals surface area contributed by atoms with Crippen LogP contribution < -0.4 is 0 Å². The number of aliphatic imine (C=N–C) groups is 1. The highest BCUT2D eigenvalue weighted by atomic mass is 15.3. The van der Waals surface area contributed by atoms with Crippen molar-refractivity contribution < 1.29 is 0 Å². The van der Waals surface area contributed by atoms with Crippen molar-refractivity contribution in [2.75, 3.05) is 7.05 Å². The van der Waals surface area contributed by atoms with Crippen molar-refractivity contribution in [1.82, 2.24) is 4.90 Å². The second kappa shape index (κ2) is 3.08. The molecule has 0 aromatic heterocycles. The Morgan fingerprint density at radius 2 is 2.00 bits per heavy atom. The van der Waals surface area contributed by atoms with E-state index in [2.05, 4.69) is 18.9 Å². The highest BCUT2D eigenvalue weighted by Gasteiger charge is 2.32. The first kappa shape index (κ1) is 8.09. The van der Waals surface area contributed by atoms with Crippen LogP contribution in [0.5, 0.6) is 0 Å². The SMILES string of the molecule is CC1=NC2CCCCCC2N1C. The zero-order chi connectivity index (χ0) is 8.55. The van der Waals surface area contributed by atoms with Crippen molar-refractivity contribution in [3.8, 4) is 0 Å². The van der Waals surface area contributed by atoms with Crippen LogP contribution in [0, 0.1) is 0 Å². The second-order valence-corrected chi connectivity index (χ2v) is 4.06. The van der Waals surface area contributed by atoms with Gasteiger partial charge in [-0.1, -0.05) is 19.3 Å². The standard InChI is InChI=1S/C10H18N2/c1-8-11-9-6-4-3-5-7-10(9)12(8)2/h9-10H,3-7H2,1-2H3. The molecular weight excluding hydrogens is 148 g/mol. The third kappa shape index (κ3) is 1.23. The number of rotatable bonds is 0. The highest BCUT2D eigenvalue weighted by Crippen LogP contribution is 2.28. The fourth-order valence-electron chi connectivity index (χ4n) is 2.44. The van der Waals surface area contributed by atoms with Crippen LogP contribution in [0.4, 0.5) is 0 Å². The van der Waals surface area contributed by atoms with Gasteiger partial charge in [-0.05, 0) is 19.8 Å². The van der Waals surface area contributed by atoms with Gasteiger partial charge in [0.2, 0.25) is 0 Å². The molecule has 1 aliphatic heterocycles. The van der Waals surface area contributed by atoms with Gasteiger partial charge < -0.3 is 4.90 Å². The summed E-state index contributed by atoms with van der Waals surface area (Å²) in [5.41, 5.74) is 0. The molecule has 68 valence electrons. The molecule has 0 bridgehead atoms. The van der Waals surface area contributed by atoms with Gasteiger partial charge in [-0.3, -0.25) is 4.99 Å². The molecule has 1 heterocycles. The summed E-state index contributed by atoms with van der Waals surface area (Å²) in [6.45, 7) is 2.13. The van der Waals surface area contributed by atoms with E-state index >= 15 is 0 Å². The van der Waals surface area contributed by atoms with Crippen LogP contribution in [0.3, 0.4) is 0 Å². The Balaban J connectivity index is 2.12. The van der Waals surface area contributed by atoms with Gasteiger partial charge in [0, 0.05) is 7.05 Å². The lowest BCUT2D eigenvalue weighted by molar-refractivity contribution is 0.333. The lowest BCUT2D eigenvalue weighted by atomic mass is 10.0. The number of nitrogens with zero attached hydrogens (tertiary/aromatic N) is 2. The molecule has 1 saturated carbocycles. The molecule has 2 rings (SSSR count). The average Bonchev–Trinajstić information content (AvgIpc) is 2.30. The van der Waals surface area contributed by atoms with Crippen LogP contribution in [-0.2, 0) is 0 Å². The van der Waals surface area contributed by atoms with Crippen molar-refractivity contribution >= 4 is 5.84 Å². The van der Waals surface area contributed by atoms with Crippen molar-refractivity contribution in [2.24, 2.45) is 4.99 Å². The van der Waals surface area contributed by atoms with Crippen LogP contribution in [0.1, 0.15) is 39.0 Å². The molecule has 0 radical (unpaired) electrons. The molecule has 0 saturated heterocycles. The van der Waals surface area contributed by atoms with Gasteiger partial charge in [0.05, 0.1) is 17.9 Å². The Morgan fingerprint density at radius 1 is 1.25 bits per heavy atom. The van der Waals surface area contributed by atoms with Gasteiger partial charge >= 0.3 is 0 Å². The first-order valence-electron chi connectivity index (χ1n) is 5.06. The minimum Gasteiger partial charge on any atom is -0.359 e. The summed E-state index contributed by atoms with van der Waals surface area (Å²) in [6, 6.07) is 1.35. The molecule has 0 N–H and O–H groups in total. The van der Waals surface area contributed by atoms with E-state index in [1.54, 1.807) is 0 Å². The predicted molar refractivity (Wildman–Crippen MR) is 51.5 cm³/mol. The van der Waals surface area contributed by atoms with E-state index in [0.29, 0.717) is 6.04 Å². The van der Waals surface area contributed by atoms with Crippen LogP contribution in [0.15, 0.2) is 4.99 Å². The fourth-order valence-corrected chi connectivity index (χ4v) is 2.44. The maximum Gasteiger partial charge on any atom is 0.0962 e. The minimum atomic E-state index is 0.623. The van der Waals surface area contributed by atoms with Gasteiger partial charge in [-0.15, -0.1) is 0 Å². The quantitative estimate of drug-likeness (QED) is 0.538. The predicted octanol–water partition coefficient (Wildman–Crippen LogP) is 2.05. The Kier molecular flexibility index (Phi) is 2.07. The molecule has 1 aliphatic carbocycles. The Bertz CT molecular complexity index is 198. The van der Waals surface area contributed by atoms with Crippen molar-refractivity contribution in [2.45, 2.75) is 51.1 Å². The zero-order valence-electron chi connectivity index (χ0n) is 8.08. The lowest BCUT2D eigenvalue weighted by Crippen LogP contribution is -2.35. The monoisotopic (exact) mass is 166 g/mol. The van der Waals surface area contributed by atoms with Gasteiger partial charge in [-0.2, -0.15) is 0 Å². The molecule has 0 amide bonds. The summed E-state index contributed by atoms with van der Waals surface area (Å²) in [4.78, 5) is 7.07. The minimum absolute atomic E-state index is 0.623. The zero-order valence-corrected chi connectivity index (χ0v) is 8.08. The number of hydrogen-bond acceptors (Lipinski definition) is 2. The first-order chi connectivity index (χ1) is 5.79. The van der Waals surface area contributed by atoms with Gasteiger partial charge in [0.25, 0.3) is 0 Å². The molecule has 2 heteroatoms. The first-order valence-corrected chi connectivity index (χ1v) is 5.06. The maximum atomic E-state index is 4.69. The highest BCUT2D eigenvalue weighted by molar-refractivity contribution is 5.81. The van der Waals surface area contributed by atoms with Gasteiger partial charge in [0.1, 0.15) is 0 Å². The normalized spacial score (nSPS) is 35.8. The van der Waals surface area contributed by atoms with Crippen molar-refractivity contribution in [3.63, 3.8) is 0 Å². The van der Waals surface area contributed by atoms with E-state index in [0.717, 1.165) is 6.04 Å². The lowest BCUT2D eigenvalue weighted by Gasteiger charge is -2.24. The summed E-state index contributed by atoms with van der Waals surface area (Å²) in [5.74, 6) is 1.24. The summed E-state index contributed by atoms with van der Waals surface area (Å²) < 4.78 is 0. The largest absolute Gasteiger partial charge is 0.359 e. The Labute approximate surface area is 74.7 Å². The van der Waals surface area contributed by atoms with Crippen molar-refractivity contribution in [3.05, 3.63) is 0 Å². The third-order valence-corrected chi connectivity index (χ3v) is 3.30. The van der Waals surface area contributed by atoms with Gasteiger partial charge in [0.15, 0.2) is 0 Å². The van der Waals surface area contributed by atoms with Crippen LogP contribution in [0.25, 0.3) is 0 Å². The average molecular weight is 166 g/mol. The van der Waals surface area contributed by atoms with E-state index in [1.165, 1.54) is 37.9 Å². The van der Waals surface area contributed by atoms with Crippen LogP contribution in [0.2, 0.25) is 0 Å². The molecule has 2 aliphatic rings. The Hall–Kier alpha value is -0.530. The fraction of sp³-hybridized carbons (Fsp3) is 0.900. The molecule has 2 nitrogen and oxygen atoms in total. The van der Waals surface area contributed by atoms with Crippen LogP contribution >= 0.6 is 0 Å². The molecule has 2 unspecified atom stereocenters. The molecule has 12 heavy (non-hydrogen) atoms. The summed E-state index contributed by atoms with van der Waals surface area (Å²) in [6.07, 6.45) is 6.85. The number of hydrogen-bond donors (Lipinski definition) is 0. The molecule has 0 aromatic rings. The van der Waals surface area contributed by atoms with E-state index < -0.39 is 0 Å². The topological polar surface area (TPSA) is 15.6 Å². The number of amidine groups is 1. The summed E-state index contributed by atoms with van der Waals surface area (Å²) >= 11 is 0. The van der Waals surface area contributed by atoms with E-state index in [1.807, 2.05) is 0 Å². The number of likely N-dealkylation sites (N-methyl/N-ethyl adjacent to an activating group) is 1. The smallest absolute Gasteiger partial charge is 0.0962 e.